The number of carboxylic acids is 1. The monoisotopic (exact) mass is 261 g/mol. The van der Waals surface area contributed by atoms with Crippen molar-refractivity contribution in [3.63, 3.8) is 0 Å². The largest absolute Gasteiger partial charge is 0.481 e. The Morgan fingerprint density at radius 2 is 1.61 bits per heavy atom. The van der Waals surface area contributed by atoms with E-state index >= 15 is 0 Å². The van der Waals surface area contributed by atoms with Crippen molar-refractivity contribution in [2.24, 2.45) is 17.2 Å². The lowest BCUT2D eigenvalue weighted by Crippen LogP contribution is -2.40. The van der Waals surface area contributed by atoms with Crippen LogP contribution in [0.1, 0.15) is 25.7 Å². The molecule has 18 heavy (non-hydrogen) atoms. The van der Waals surface area contributed by atoms with Crippen molar-refractivity contribution < 1.29 is 24.2 Å². The fourth-order valence-corrected chi connectivity index (χ4v) is 1.15. The van der Waals surface area contributed by atoms with E-state index in [9.17, 15) is 14.4 Å². The quantitative estimate of drug-likeness (QED) is 0.229. The molecule has 104 valence electrons. The molecule has 8 heteroatoms. The molecule has 7 N–H and O–H groups in total. The number of rotatable bonds is 8. The van der Waals surface area contributed by atoms with Crippen molar-refractivity contribution in [1.29, 1.82) is 0 Å². The smallest absolute Gasteiger partial charge is 0.331 e. The first-order valence-electron chi connectivity index (χ1n) is 5.57. The van der Waals surface area contributed by atoms with Crippen LogP contribution in [0.2, 0.25) is 0 Å². The molecule has 0 saturated carbocycles. The number of esters is 2. The standard InChI is InChI=1S/C10H19N3O5/c11-4-2-1-3-6(12)9(16)18-10(17)7(13)5-8(14)15/h6-7H,1-5,11-13H2,(H,14,15)/t6-,7-/m0/s1. The van der Waals surface area contributed by atoms with Crippen LogP contribution < -0.4 is 17.2 Å². The van der Waals surface area contributed by atoms with Gasteiger partial charge in [-0.15, -0.1) is 0 Å². The fraction of sp³-hybridized carbons (Fsp3) is 0.700. The highest BCUT2D eigenvalue weighted by atomic mass is 16.6. The molecule has 0 spiro atoms. The molecule has 0 aromatic heterocycles. The number of carbonyl (C=O) groups is 3. The third-order valence-electron chi connectivity index (χ3n) is 2.17. The van der Waals surface area contributed by atoms with Crippen molar-refractivity contribution in [2.45, 2.75) is 37.8 Å². The second-order valence-corrected chi connectivity index (χ2v) is 3.84. The number of hydrogen-bond acceptors (Lipinski definition) is 7. The molecule has 0 saturated heterocycles. The molecule has 0 radical (unpaired) electrons. The highest BCUT2D eigenvalue weighted by molar-refractivity contribution is 5.92. The number of carboxylic acid groups (broad SMARTS) is 1. The lowest BCUT2D eigenvalue weighted by atomic mass is 10.1. The summed E-state index contributed by atoms with van der Waals surface area (Å²) in [5.74, 6) is -3.24. The van der Waals surface area contributed by atoms with Crippen molar-refractivity contribution in [3.8, 4) is 0 Å². The van der Waals surface area contributed by atoms with Crippen molar-refractivity contribution in [2.75, 3.05) is 6.54 Å². The van der Waals surface area contributed by atoms with Gasteiger partial charge in [0.05, 0.1) is 6.42 Å². The van der Waals surface area contributed by atoms with E-state index in [-0.39, 0.29) is 0 Å². The van der Waals surface area contributed by atoms with Gasteiger partial charge in [0.1, 0.15) is 12.1 Å². The Hall–Kier alpha value is -1.51. The molecule has 0 aliphatic carbocycles. The molecular formula is C10H19N3O5. The second kappa shape index (κ2) is 8.56. The number of ether oxygens (including phenoxy) is 1. The van der Waals surface area contributed by atoms with Gasteiger partial charge in [0.15, 0.2) is 0 Å². The maximum atomic E-state index is 11.3. The zero-order chi connectivity index (χ0) is 14.1. The van der Waals surface area contributed by atoms with E-state index in [1.807, 2.05) is 0 Å². The molecule has 0 bridgehead atoms. The molecule has 0 aromatic rings. The summed E-state index contributed by atoms with van der Waals surface area (Å²) in [4.78, 5) is 32.9. The van der Waals surface area contributed by atoms with E-state index < -0.39 is 36.4 Å². The summed E-state index contributed by atoms with van der Waals surface area (Å²) >= 11 is 0. The minimum atomic E-state index is -1.37. The van der Waals surface area contributed by atoms with Gasteiger partial charge >= 0.3 is 17.9 Å². The van der Waals surface area contributed by atoms with Crippen LogP contribution in [0.25, 0.3) is 0 Å². The Morgan fingerprint density at radius 1 is 1.06 bits per heavy atom. The van der Waals surface area contributed by atoms with E-state index in [1.165, 1.54) is 0 Å². The van der Waals surface area contributed by atoms with E-state index in [1.54, 1.807) is 0 Å². The van der Waals surface area contributed by atoms with Gasteiger partial charge in [-0.05, 0) is 19.4 Å². The Labute approximate surface area is 104 Å². The fourth-order valence-electron chi connectivity index (χ4n) is 1.15. The molecule has 8 nitrogen and oxygen atoms in total. The van der Waals surface area contributed by atoms with E-state index in [2.05, 4.69) is 4.74 Å². The number of unbranched alkanes of at least 4 members (excludes halogenated alkanes) is 1. The van der Waals surface area contributed by atoms with Gasteiger partial charge in [0.2, 0.25) is 0 Å². The highest BCUT2D eigenvalue weighted by Crippen LogP contribution is 2.01. The zero-order valence-electron chi connectivity index (χ0n) is 10.0. The van der Waals surface area contributed by atoms with Crippen LogP contribution in [0, 0.1) is 0 Å². The Kier molecular flexibility index (Phi) is 7.84. The van der Waals surface area contributed by atoms with Gasteiger partial charge < -0.3 is 27.0 Å². The van der Waals surface area contributed by atoms with Crippen LogP contribution in [0.5, 0.6) is 0 Å². The van der Waals surface area contributed by atoms with Gasteiger partial charge in [0.25, 0.3) is 0 Å². The molecular weight excluding hydrogens is 242 g/mol. The van der Waals surface area contributed by atoms with Crippen LogP contribution in [-0.4, -0.2) is 41.6 Å². The predicted molar refractivity (Wildman–Crippen MR) is 62.2 cm³/mol. The molecule has 2 atom stereocenters. The first-order valence-corrected chi connectivity index (χ1v) is 5.57. The van der Waals surface area contributed by atoms with Gasteiger partial charge in [-0.3, -0.25) is 4.79 Å². The number of aliphatic carboxylic acids is 1. The van der Waals surface area contributed by atoms with Gasteiger partial charge in [-0.2, -0.15) is 0 Å². The Morgan fingerprint density at radius 3 is 2.11 bits per heavy atom. The lowest BCUT2D eigenvalue weighted by Gasteiger charge is -2.12. The normalized spacial score (nSPS) is 13.7. The molecule has 0 amide bonds. The van der Waals surface area contributed by atoms with Gasteiger partial charge in [0, 0.05) is 0 Å². The molecule has 0 aliphatic heterocycles. The van der Waals surface area contributed by atoms with Crippen molar-refractivity contribution >= 4 is 17.9 Å². The zero-order valence-corrected chi connectivity index (χ0v) is 10.0. The number of nitrogens with two attached hydrogens (primary N) is 3. The van der Waals surface area contributed by atoms with Crippen molar-refractivity contribution in [3.05, 3.63) is 0 Å². The maximum Gasteiger partial charge on any atom is 0.331 e. The molecule has 0 rings (SSSR count). The molecule has 0 aromatic carbocycles. The molecule has 0 aliphatic rings. The van der Waals surface area contributed by atoms with Crippen LogP contribution in [-0.2, 0) is 19.1 Å². The number of carbonyl (C=O) groups excluding carboxylic acids is 2. The third-order valence-corrected chi connectivity index (χ3v) is 2.17. The average molecular weight is 261 g/mol. The molecule has 0 heterocycles. The molecule has 0 unspecified atom stereocenters. The van der Waals surface area contributed by atoms with Crippen LogP contribution in [0.4, 0.5) is 0 Å². The first-order chi connectivity index (χ1) is 8.38. The summed E-state index contributed by atoms with van der Waals surface area (Å²) < 4.78 is 4.38. The topological polar surface area (TPSA) is 159 Å². The van der Waals surface area contributed by atoms with E-state index in [0.29, 0.717) is 25.8 Å². The average Bonchev–Trinajstić information content (AvgIpc) is 2.28. The predicted octanol–water partition coefficient (Wildman–Crippen LogP) is -1.69. The Balaban J connectivity index is 4.05. The summed E-state index contributed by atoms with van der Waals surface area (Å²) in [6.45, 7) is 0.490. The highest BCUT2D eigenvalue weighted by Gasteiger charge is 2.24. The van der Waals surface area contributed by atoms with Crippen LogP contribution in [0.15, 0.2) is 0 Å². The SMILES string of the molecule is NCCCC[C@H](N)C(=O)OC(=O)[C@@H](N)CC(=O)O. The summed E-state index contributed by atoms with van der Waals surface area (Å²) in [6.07, 6.45) is 1.10. The number of hydrogen-bond donors (Lipinski definition) is 4. The summed E-state index contributed by atoms with van der Waals surface area (Å²) in [5.41, 5.74) is 16.0. The van der Waals surface area contributed by atoms with Crippen molar-refractivity contribution in [1.82, 2.24) is 0 Å². The lowest BCUT2D eigenvalue weighted by molar-refractivity contribution is -0.163. The third kappa shape index (κ3) is 6.94. The van der Waals surface area contributed by atoms with Crippen LogP contribution >= 0.6 is 0 Å². The summed E-state index contributed by atoms with van der Waals surface area (Å²) in [7, 11) is 0. The van der Waals surface area contributed by atoms with E-state index in [0.717, 1.165) is 0 Å². The maximum absolute atomic E-state index is 11.3. The minimum Gasteiger partial charge on any atom is -0.481 e. The first kappa shape index (κ1) is 16.5. The summed E-state index contributed by atoms with van der Waals surface area (Å²) in [5, 5.41) is 8.41. The molecule has 0 fully saturated rings. The second-order valence-electron chi connectivity index (χ2n) is 3.84. The van der Waals surface area contributed by atoms with Gasteiger partial charge in [-0.1, -0.05) is 6.42 Å². The van der Waals surface area contributed by atoms with Gasteiger partial charge in [-0.25, -0.2) is 9.59 Å². The summed E-state index contributed by atoms with van der Waals surface area (Å²) in [6, 6.07) is -2.31. The minimum absolute atomic E-state index is 0.345. The van der Waals surface area contributed by atoms with E-state index in [4.69, 9.17) is 22.3 Å². The van der Waals surface area contributed by atoms with Crippen LogP contribution in [0.3, 0.4) is 0 Å². The Bertz CT molecular complexity index is 308.